The van der Waals surface area contributed by atoms with Crippen LogP contribution in [0, 0.1) is 19.7 Å². The SMILES string of the molecule is CCN(CC)C(=O)C=Cc1ccc(Oc2nc(Nc3ccc(OCCCN4CCCCC4)c(F)c3)ncc2C(=O)Nc2c(C)cccc2C)c(OC)c1. The monoisotopic (exact) mass is 724 g/mol. The minimum Gasteiger partial charge on any atom is -0.493 e. The molecule has 0 bridgehead atoms. The molecule has 0 spiro atoms. The van der Waals surface area contributed by atoms with Gasteiger partial charge < -0.3 is 34.6 Å². The van der Waals surface area contributed by atoms with Gasteiger partial charge in [0, 0.05) is 49.3 Å². The molecule has 5 rings (SSSR count). The molecule has 0 radical (unpaired) electrons. The Bertz CT molecular complexity index is 1890. The molecule has 2 amide bonds. The van der Waals surface area contributed by atoms with Crippen molar-refractivity contribution in [2.24, 2.45) is 0 Å². The summed E-state index contributed by atoms with van der Waals surface area (Å²) in [6.07, 6.45) is 9.13. The van der Waals surface area contributed by atoms with E-state index >= 15 is 4.39 Å². The Kier molecular flexibility index (Phi) is 13.8. The summed E-state index contributed by atoms with van der Waals surface area (Å²) in [4.78, 5) is 39.3. The number of ether oxygens (including phenoxy) is 3. The zero-order valence-electron chi connectivity index (χ0n) is 31.2. The van der Waals surface area contributed by atoms with Gasteiger partial charge in [0.1, 0.15) is 5.56 Å². The van der Waals surface area contributed by atoms with E-state index in [1.807, 2.05) is 45.9 Å². The van der Waals surface area contributed by atoms with E-state index in [0.29, 0.717) is 42.4 Å². The zero-order valence-corrected chi connectivity index (χ0v) is 31.2. The van der Waals surface area contributed by atoms with Crippen molar-refractivity contribution in [2.45, 2.75) is 53.4 Å². The highest BCUT2D eigenvalue weighted by Crippen LogP contribution is 2.35. The molecule has 2 heterocycles. The van der Waals surface area contributed by atoms with Gasteiger partial charge in [0.15, 0.2) is 23.1 Å². The van der Waals surface area contributed by atoms with Gasteiger partial charge in [-0.05, 0) is 107 Å². The number of likely N-dealkylation sites (N-methyl/N-ethyl adjacent to an activating group) is 1. The number of para-hydroxylation sites is 1. The predicted octanol–water partition coefficient (Wildman–Crippen LogP) is 8.17. The van der Waals surface area contributed by atoms with Crippen LogP contribution in [0.25, 0.3) is 6.08 Å². The third-order valence-electron chi connectivity index (χ3n) is 9.12. The minimum absolute atomic E-state index is 0.0568. The molecule has 2 N–H and O–H groups in total. The highest BCUT2D eigenvalue weighted by atomic mass is 19.1. The van der Waals surface area contributed by atoms with Crippen molar-refractivity contribution in [1.82, 2.24) is 19.8 Å². The van der Waals surface area contributed by atoms with Gasteiger partial charge in [-0.2, -0.15) is 4.98 Å². The first-order chi connectivity index (χ1) is 25.7. The molecule has 0 unspecified atom stereocenters. The molecule has 1 saturated heterocycles. The highest BCUT2D eigenvalue weighted by molar-refractivity contribution is 6.06. The van der Waals surface area contributed by atoms with Crippen LogP contribution in [0.5, 0.6) is 23.1 Å². The maximum atomic E-state index is 15.1. The Hall–Kier alpha value is -5.49. The molecular formula is C41H49FN6O5. The number of methoxy groups -OCH3 is 1. The molecule has 0 atom stereocenters. The topological polar surface area (TPSA) is 118 Å². The molecule has 4 aromatic rings. The molecule has 12 heteroatoms. The molecular weight excluding hydrogens is 675 g/mol. The van der Waals surface area contributed by atoms with Crippen LogP contribution in [-0.2, 0) is 4.79 Å². The standard InChI is InChI=1S/C41H49FN6O5/c1-6-48(7-2)37(49)20-16-30-15-18-35(36(25-30)51-5)53-40-32(39(50)45-38-28(3)13-11-14-29(38)4)27-43-41(46-40)44-31-17-19-34(33(42)26-31)52-24-12-23-47-21-9-8-10-22-47/h11,13-20,25-27H,6-10,12,21-24H2,1-5H3,(H,45,50)(H,43,44,46). The lowest BCUT2D eigenvalue weighted by Gasteiger charge is -2.26. The summed E-state index contributed by atoms with van der Waals surface area (Å²) in [5.41, 5.74) is 3.61. The molecule has 1 aliphatic rings. The predicted molar refractivity (Wildman–Crippen MR) is 206 cm³/mol. The van der Waals surface area contributed by atoms with Gasteiger partial charge in [0.05, 0.1) is 13.7 Å². The van der Waals surface area contributed by atoms with Crippen LogP contribution in [0.1, 0.15) is 66.6 Å². The molecule has 0 saturated carbocycles. The van der Waals surface area contributed by atoms with Crippen molar-refractivity contribution in [3.05, 3.63) is 94.9 Å². The van der Waals surface area contributed by atoms with Crippen LogP contribution < -0.4 is 24.8 Å². The number of hydrogen-bond donors (Lipinski definition) is 2. The van der Waals surface area contributed by atoms with Gasteiger partial charge in [-0.1, -0.05) is 30.7 Å². The molecule has 1 aliphatic heterocycles. The first-order valence-electron chi connectivity index (χ1n) is 18.2. The third kappa shape index (κ3) is 10.5. The normalized spacial score (nSPS) is 13.1. The number of halogens is 1. The minimum atomic E-state index is -0.522. The molecule has 1 aromatic heterocycles. The average molecular weight is 725 g/mol. The summed E-state index contributed by atoms with van der Waals surface area (Å²) < 4.78 is 32.7. The Labute approximate surface area is 311 Å². The molecule has 0 aliphatic carbocycles. The van der Waals surface area contributed by atoms with E-state index in [9.17, 15) is 9.59 Å². The van der Waals surface area contributed by atoms with E-state index in [-0.39, 0.29) is 34.8 Å². The van der Waals surface area contributed by atoms with E-state index in [4.69, 9.17) is 14.2 Å². The number of aromatic nitrogens is 2. The lowest BCUT2D eigenvalue weighted by Crippen LogP contribution is -2.31. The van der Waals surface area contributed by atoms with E-state index in [1.165, 1.54) is 44.7 Å². The van der Waals surface area contributed by atoms with Crippen molar-refractivity contribution in [1.29, 1.82) is 0 Å². The summed E-state index contributed by atoms with van der Waals surface area (Å²) in [6.45, 7) is 12.5. The van der Waals surface area contributed by atoms with E-state index in [2.05, 4.69) is 25.5 Å². The Morgan fingerprint density at radius 1 is 0.962 bits per heavy atom. The maximum Gasteiger partial charge on any atom is 0.262 e. The Morgan fingerprint density at radius 3 is 2.40 bits per heavy atom. The van der Waals surface area contributed by atoms with Gasteiger partial charge in [0.2, 0.25) is 17.7 Å². The quantitative estimate of drug-likeness (QED) is 0.0872. The number of carbonyl (C=O) groups is 2. The highest BCUT2D eigenvalue weighted by Gasteiger charge is 2.21. The lowest BCUT2D eigenvalue weighted by atomic mass is 10.1. The molecule has 1 fully saturated rings. The van der Waals surface area contributed by atoms with Crippen LogP contribution in [0.4, 0.5) is 21.7 Å². The summed E-state index contributed by atoms with van der Waals surface area (Å²) in [7, 11) is 1.49. The number of aryl methyl sites for hydroxylation is 2. The fourth-order valence-corrected chi connectivity index (χ4v) is 6.12. The molecule has 53 heavy (non-hydrogen) atoms. The van der Waals surface area contributed by atoms with Gasteiger partial charge in [-0.15, -0.1) is 0 Å². The average Bonchev–Trinajstić information content (AvgIpc) is 3.16. The Morgan fingerprint density at radius 2 is 1.70 bits per heavy atom. The summed E-state index contributed by atoms with van der Waals surface area (Å²) >= 11 is 0. The van der Waals surface area contributed by atoms with Gasteiger partial charge in [-0.3, -0.25) is 9.59 Å². The van der Waals surface area contributed by atoms with Crippen LogP contribution in [-0.4, -0.2) is 78.0 Å². The van der Waals surface area contributed by atoms with Gasteiger partial charge >= 0.3 is 0 Å². The number of likely N-dealkylation sites (tertiary alicyclic amines) is 1. The fraction of sp³-hybridized carbons (Fsp3) is 0.366. The smallest absolute Gasteiger partial charge is 0.262 e. The second-order valence-electron chi connectivity index (χ2n) is 12.9. The van der Waals surface area contributed by atoms with Crippen LogP contribution in [0.2, 0.25) is 0 Å². The van der Waals surface area contributed by atoms with E-state index in [0.717, 1.165) is 37.2 Å². The fourth-order valence-electron chi connectivity index (χ4n) is 6.12. The largest absolute Gasteiger partial charge is 0.493 e. The van der Waals surface area contributed by atoms with Crippen LogP contribution in [0.15, 0.2) is 66.9 Å². The third-order valence-corrected chi connectivity index (χ3v) is 9.12. The van der Waals surface area contributed by atoms with Crippen LogP contribution in [0.3, 0.4) is 0 Å². The summed E-state index contributed by atoms with van der Waals surface area (Å²) in [5.74, 6) is -0.286. The van der Waals surface area contributed by atoms with Gasteiger partial charge in [-0.25, -0.2) is 9.37 Å². The molecule has 280 valence electrons. The first kappa shape index (κ1) is 38.7. The molecule has 3 aromatic carbocycles. The number of nitrogens with zero attached hydrogens (tertiary/aromatic N) is 4. The maximum absolute atomic E-state index is 15.1. The number of hydrogen-bond acceptors (Lipinski definition) is 9. The number of piperidine rings is 1. The zero-order chi connectivity index (χ0) is 37.7. The van der Waals surface area contributed by atoms with Crippen molar-refractivity contribution in [2.75, 3.05) is 57.1 Å². The second-order valence-corrected chi connectivity index (χ2v) is 12.9. The van der Waals surface area contributed by atoms with Crippen molar-refractivity contribution in [3.63, 3.8) is 0 Å². The van der Waals surface area contributed by atoms with E-state index < -0.39 is 11.7 Å². The van der Waals surface area contributed by atoms with Gasteiger partial charge in [0.25, 0.3) is 5.91 Å². The number of anilines is 3. The number of amides is 2. The van der Waals surface area contributed by atoms with Crippen molar-refractivity contribution in [3.8, 4) is 23.1 Å². The second kappa shape index (κ2) is 18.8. The first-order valence-corrected chi connectivity index (χ1v) is 18.2. The number of rotatable bonds is 16. The van der Waals surface area contributed by atoms with Crippen molar-refractivity contribution < 1.29 is 28.2 Å². The van der Waals surface area contributed by atoms with Crippen molar-refractivity contribution >= 4 is 35.2 Å². The van der Waals surface area contributed by atoms with Crippen LogP contribution >= 0.6 is 0 Å². The Balaban J connectivity index is 1.36. The summed E-state index contributed by atoms with van der Waals surface area (Å²) in [6, 6.07) is 15.4. The summed E-state index contributed by atoms with van der Waals surface area (Å²) in [5, 5.41) is 5.98. The molecule has 11 nitrogen and oxygen atoms in total. The lowest BCUT2D eigenvalue weighted by molar-refractivity contribution is -0.125. The van der Waals surface area contributed by atoms with E-state index in [1.54, 1.807) is 41.3 Å². The number of nitrogens with one attached hydrogen (secondary N) is 2. The number of carbonyl (C=O) groups excluding carboxylic acids is 2. The number of benzene rings is 3.